The zero-order chi connectivity index (χ0) is 6.08. The third kappa shape index (κ3) is 3.65. The highest BCUT2D eigenvalue weighted by atomic mass is 35.8. The second kappa shape index (κ2) is 2.58. The van der Waals surface area contributed by atoms with Crippen molar-refractivity contribution in [2.45, 2.75) is 19.4 Å². The van der Waals surface area contributed by atoms with E-state index in [1.54, 1.807) is 0 Å². The van der Waals surface area contributed by atoms with E-state index in [1.165, 1.54) is 0 Å². The monoisotopic (exact) mass is 176 g/mol. The van der Waals surface area contributed by atoms with Crippen LogP contribution in [0.4, 0.5) is 0 Å². The minimum Gasteiger partial charge on any atom is -0.126 e. The SMILES string of the molecule is CC(C)[Si](Cl)(Cl)Cl. The van der Waals surface area contributed by atoms with Crippen molar-refractivity contribution in [2.24, 2.45) is 0 Å². The van der Waals surface area contributed by atoms with E-state index < -0.39 is 6.00 Å². The quantitative estimate of drug-likeness (QED) is 0.427. The lowest BCUT2D eigenvalue weighted by Crippen LogP contribution is -2.13. The highest BCUT2D eigenvalue weighted by molar-refractivity contribution is 7.65. The van der Waals surface area contributed by atoms with Crippen molar-refractivity contribution in [3.05, 3.63) is 0 Å². The maximum absolute atomic E-state index is 5.54. The van der Waals surface area contributed by atoms with E-state index in [0.29, 0.717) is 0 Å². The molecule has 0 aliphatic heterocycles. The highest BCUT2D eigenvalue weighted by Crippen LogP contribution is 2.32. The molecular formula is C3H7Cl3Si. The highest BCUT2D eigenvalue weighted by Gasteiger charge is 2.29. The Kier molecular flexibility index (Phi) is 2.98. The zero-order valence-electron chi connectivity index (χ0n) is 4.21. The minimum atomic E-state index is -2.32. The van der Waals surface area contributed by atoms with Crippen molar-refractivity contribution in [1.82, 2.24) is 0 Å². The largest absolute Gasteiger partial charge is 0.343 e. The molecule has 0 atom stereocenters. The molecule has 0 saturated carbocycles. The zero-order valence-corrected chi connectivity index (χ0v) is 7.48. The number of halogens is 3. The van der Waals surface area contributed by atoms with Crippen molar-refractivity contribution in [3.63, 3.8) is 0 Å². The molecule has 0 nitrogen and oxygen atoms in total. The maximum Gasteiger partial charge on any atom is 0.343 e. The first-order chi connectivity index (χ1) is 2.94. The van der Waals surface area contributed by atoms with Crippen molar-refractivity contribution < 1.29 is 0 Å². The second-order valence-electron chi connectivity index (χ2n) is 1.70. The Morgan fingerprint density at radius 1 is 1.14 bits per heavy atom. The maximum atomic E-state index is 5.54. The van der Waals surface area contributed by atoms with Gasteiger partial charge in [0.25, 0.3) is 0 Å². The molecule has 0 radical (unpaired) electrons. The fourth-order valence-corrected chi connectivity index (χ4v) is 0. The lowest BCUT2D eigenvalue weighted by molar-refractivity contribution is 1.06. The van der Waals surface area contributed by atoms with Crippen molar-refractivity contribution in [3.8, 4) is 0 Å². The summed E-state index contributed by atoms with van der Waals surface area (Å²) in [7, 11) is 0. The Labute approximate surface area is 58.9 Å². The molecule has 0 fully saturated rings. The number of hydrogen-bond donors (Lipinski definition) is 0. The smallest absolute Gasteiger partial charge is 0.126 e. The Morgan fingerprint density at radius 2 is 1.29 bits per heavy atom. The van der Waals surface area contributed by atoms with Crippen LogP contribution in [-0.2, 0) is 0 Å². The van der Waals surface area contributed by atoms with Crippen LogP contribution in [0.5, 0.6) is 0 Å². The molecule has 0 N–H and O–H groups in total. The average Bonchev–Trinajstić information content (AvgIpc) is 1.31. The summed E-state index contributed by atoms with van der Waals surface area (Å²) in [6.45, 7) is 3.83. The van der Waals surface area contributed by atoms with Crippen molar-refractivity contribution >= 4 is 39.2 Å². The van der Waals surface area contributed by atoms with Crippen LogP contribution in [0, 0.1) is 0 Å². The minimum absolute atomic E-state index is 0.234. The Bertz CT molecular complexity index is 55.7. The molecule has 0 rings (SSSR count). The lowest BCUT2D eigenvalue weighted by Gasteiger charge is -2.09. The van der Waals surface area contributed by atoms with Gasteiger partial charge in [0.2, 0.25) is 0 Å². The van der Waals surface area contributed by atoms with Gasteiger partial charge in [-0.3, -0.25) is 0 Å². The predicted octanol–water partition coefficient (Wildman–Crippen LogP) is 3.05. The van der Waals surface area contributed by atoms with Gasteiger partial charge in [-0.15, -0.1) is 33.2 Å². The first-order valence-corrected chi connectivity index (χ1v) is 7.12. The Hall–Kier alpha value is 1.09. The summed E-state index contributed by atoms with van der Waals surface area (Å²) in [5.74, 6) is 0. The molecule has 0 spiro atoms. The van der Waals surface area contributed by atoms with Crippen LogP contribution in [0.15, 0.2) is 0 Å². The molecule has 0 unspecified atom stereocenters. The van der Waals surface area contributed by atoms with Crippen molar-refractivity contribution in [2.75, 3.05) is 0 Å². The van der Waals surface area contributed by atoms with E-state index in [-0.39, 0.29) is 5.54 Å². The molecule has 44 valence electrons. The molecule has 0 saturated heterocycles. The fraction of sp³-hybridized carbons (Fsp3) is 1.00. The molecule has 0 aromatic rings. The van der Waals surface area contributed by atoms with E-state index in [9.17, 15) is 0 Å². The molecular weight excluding hydrogens is 170 g/mol. The third-order valence-electron chi connectivity index (χ3n) is 0.655. The third-order valence-corrected chi connectivity index (χ3v) is 5.89. The van der Waals surface area contributed by atoms with Crippen LogP contribution in [0.2, 0.25) is 5.54 Å². The number of rotatable bonds is 1. The van der Waals surface area contributed by atoms with Crippen LogP contribution in [0.3, 0.4) is 0 Å². The van der Waals surface area contributed by atoms with E-state index in [2.05, 4.69) is 0 Å². The Balaban J connectivity index is 3.54. The summed E-state index contributed by atoms with van der Waals surface area (Å²) in [6, 6.07) is -2.32. The van der Waals surface area contributed by atoms with E-state index in [0.717, 1.165) is 0 Å². The molecule has 0 aromatic heterocycles. The summed E-state index contributed by atoms with van der Waals surface area (Å²) >= 11 is 16.6. The van der Waals surface area contributed by atoms with Crippen molar-refractivity contribution in [1.29, 1.82) is 0 Å². The first kappa shape index (κ1) is 8.09. The molecule has 4 heteroatoms. The average molecular weight is 178 g/mol. The molecule has 0 bridgehead atoms. The van der Waals surface area contributed by atoms with Crippen LogP contribution >= 0.6 is 33.2 Å². The number of hydrogen-bond acceptors (Lipinski definition) is 0. The second-order valence-corrected chi connectivity index (χ2v) is 11.0. The van der Waals surface area contributed by atoms with Gasteiger partial charge in [-0.05, 0) is 5.54 Å². The topological polar surface area (TPSA) is 0 Å². The van der Waals surface area contributed by atoms with Gasteiger partial charge in [0.15, 0.2) is 0 Å². The summed E-state index contributed by atoms with van der Waals surface area (Å²) in [5.41, 5.74) is 0.234. The van der Waals surface area contributed by atoms with Gasteiger partial charge in [0, 0.05) is 0 Å². The molecule has 7 heavy (non-hydrogen) atoms. The molecule has 0 amide bonds. The van der Waals surface area contributed by atoms with Gasteiger partial charge in [0.1, 0.15) is 0 Å². The van der Waals surface area contributed by atoms with Crippen LogP contribution in [-0.4, -0.2) is 6.00 Å². The Morgan fingerprint density at radius 3 is 1.29 bits per heavy atom. The normalized spacial score (nSPS) is 12.9. The molecule has 0 aliphatic carbocycles. The van der Waals surface area contributed by atoms with Crippen LogP contribution in [0.25, 0.3) is 0 Å². The van der Waals surface area contributed by atoms with Gasteiger partial charge in [0.05, 0.1) is 0 Å². The van der Waals surface area contributed by atoms with E-state index >= 15 is 0 Å². The molecule has 0 aliphatic rings. The summed E-state index contributed by atoms with van der Waals surface area (Å²) in [4.78, 5) is 0. The summed E-state index contributed by atoms with van der Waals surface area (Å²) in [6.07, 6.45) is 0. The first-order valence-electron chi connectivity index (χ1n) is 2.01. The van der Waals surface area contributed by atoms with Gasteiger partial charge in [-0.2, -0.15) is 0 Å². The standard InChI is InChI=1S/C3H7Cl3Si/c1-3(2)7(4,5)6/h3H,1-2H3. The van der Waals surface area contributed by atoms with Gasteiger partial charge in [-0.1, -0.05) is 13.8 Å². The van der Waals surface area contributed by atoms with Crippen LogP contribution in [0.1, 0.15) is 13.8 Å². The van der Waals surface area contributed by atoms with Gasteiger partial charge < -0.3 is 0 Å². The van der Waals surface area contributed by atoms with E-state index in [4.69, 9.17) is 33.2 Å². The lowest BCUT2D eigenvalue weighted by atomic mass is 10.6. The van der Waals surface area contributed by atoms with Gasteiger partial charge in [-0.25, -0.2) is 0 Å². The summed E-state index contributed by atoms with van der Waals surface area (Å²) in [5, 5.41) is 0. The summed E-state index contributed by atoms with van der Waals surface area (Å²) < 4.78 is 0. The van der Waals surface area contributed by atoms with E-state index in [1.807, 2.05) is 13.8 Å². The fourth-order valence-electron chi connectivity index (χ4n) is 0. The van der Waals surface area contributed by atoms with Gasteiger partial charge >= 0.3 is 6.00 Å². The molecule has 0 aromatic carbocycles. The predicted molar refractivity (Wildman–Crippen MR) is 38.4 cm³/mol. The molecule has 0 heterocycles. The van der Waals surface area contributed by atoms with Crippen LogP contribution < -0.4 is 0 Å².